The van der Waals surface area contributed by atoms with E-state index in [1.807, 2.05) is 11.8 Å². The fraction of sp³-hybridized carbons (Fsp3) is 0.833. The third kappa shape index (κ3) is 3.76. The number of aliphatic carboxylic acids is 1. The molecule has 0 aromatic carbocycles. The zero-order valence-electron chi connectivity index (χ0n) is 10.8. The molecule has 6 nitrogen and oxygen atoms in total. The summed E-state index contributed by atoms with van der Waals surface area (Å²) in [6.07, 6.45) is 2.52. The molecule has 19 heavy (non-hydrogen) atoms. The lowest BCUT2D eigenvalue weighted by atomic mass is 9.90. The van der Waals surface area contributed by atoms with Crippen LogP contribution in [0.25, 0.3) is 0 Å². The van der Waals surface area contributed by atoms with Crippen LogP contribution in [0.3, 0.4) is 0 Å². The minimum Gasteiger partial charge on any atom is -0.480 e. The van der Waals surface area contributed by atoms with Crippen LogP contribution in [0.5, 0.6) is 0 Å². The molecule has 0 unspecified atom stereocenters. The molecule has 7 heteroatoms. The summed E-state index contributed by atoms with van der Waals surface area (Å²) in [6.45, 7) is 0.735. The molecule has 0 aromatic heterocycles. The molecule has 108 valence electrons. The van der Waals surface area contributed by atoms with Crippen molar-refractivity contribution >= 4 is 23.8 Å². The first-order valence-corrected chi connectivity index (χ1v) is 7.75. The van der Waals surface area contributed by atoms with E-state index < -0.39 is 11.5 Å². The average Bonchev–Trinajstić information content (AvgIpc) is 2.40. The van der Waals surface area contributed by atoms with Gasteiger partial charge in [-0.25, -0.2) is 9.59 Å². The molecule has 2 fully saturated rings. The van der Waals surface area contributed by atoms with Crippen LogP contribution in [0.1, 0.15) is 25.7 Å². The number of hydrogen-bond acceptors (Lipinski definition) is 4. The summed E-state index contributed by atoms with van der Waals surface area (Å²) in [5.41, 5.74) is -1.17. The van der Waals surface area contributed by atoms with Crippen molar-refractivity contribution in [1.82, 2.24) is 10.6 Å². The van der Waals surface area contributed by atoms with Gasteiger partial charge in [0.25, 0.3) is 0 Å². The molecule has 2 aliphatic rings. The zero-order chi connectivity index (χ0) is 13.7. The maximum atomic E-state index is 12.0. The lowest BCUT2D eigenvalue weighted by molar-refractivity contribution is -0.148. The Balaban J connectivity index is 1.89. The molecule has 0 radical (unpaired) electrons. The number of carbonyl (C=O) groups is 2. The zero-order valence-corrected chi connectivity index (χ0v) is 11.6. The van der Waals surface area contributed by atoms with Gasteiger partial charge in [-0.05, 0) is 24.3 Å². The Hall–Kier alpha value is -0.950. The molecule has 2 rings (SSSR count). The van der Waals surface area contributed by atoms with Crippen molar-refractivity contribution in [3.8, 4) is 0 Å². The summed E-state index contributed by atoms with van der Waals surface area (Å²) in [5.74, 6) is 1.11. The lowest BCUT2D eigenvalue weighted by Gasteiger charge is -2.34. The van der Waals surface area contributed by atoms with Crippen molar-refractivity contribution in [1.29, 1.82) is 0 Å². The maximum absolute atomic E-state index is 12.0. The van der Waals surface area contributed by atoms with E-state index in [9.17, 15) is 14.7 Å². The number of thioether (sulfide) groups is 1. The van der Waals surface area contributed by atoms with Crippen molar-refractivity contribution in [2.45, 2.75) is 37.3 Å². The van der Waals surface area contributed by atoms with Gasteiger partial charge >= 0.3 is 12.0 Å². The highest BCUT2D eigenvalue weighted by molar-refractivity contribution is 7.99. The summed E-state index contributed by atoms with van der Waals surface area (Å²) in [4.78, 5) is 23.4. The molecule has 2 amide bonds. The molecular weight excluding hydrogens is 268 g/mol. The van der Waals surface area contributed by atoms with E-state index in [0.29, 0.717) is 26.1 Å². The summed E-state index contributed by atoms with van der Waals surface area (Å²) >= 11 is 1.88. The Kier molecular flexibility index (Phi) is 4.93. The van der Waals surface area contributed by atoms with Crippen molar-refractivity contribution in [2.75, 3.05) is 24.7 Å². The minimum absolute atomic E-state index is 0.159. The average molecular weight is 288 g/mol. The Morgan fingerprint density at radius 1 is 1.21 bits per heavy atom. The second-order valence-electron chi connectivity index (χ2n) is 4.98. The van der Waals surface area contributed by atoms with Crippen LogP contribution < -0.4 is 10.6 Å². The topological polar surface area (TPSA) is 87.7 Å². The van der Waals surface area contributed by atoms with E-state index in [-0.39, 0.29) is 12.1 Å². The second kappa shape index (κ2) is 6.47. The minimum atomic E-state index is -1.17. The largest absolute Gasteiger partial charge is 0.480 e. The Morgan fingerprint density at radius 3 is 2.42 bits per heavy atom. The number of hydrogen-bond donors (Lipinski definition) is 3. The quantitative estimate of drug-likeness (QED) is 0.715. The van der Waals surface area contributed by atoms with Gasteiger partial charge in [0.1, 0.15) is 5.54 Å². The van der Waals surface area contributed by atoms with E-state index in [1.165, 1.54) is 0 Å². The van der Waals surface area contributed by atoms with Gasteiger partial charge < -0.3 is 20.5 Å². The molecule has 0 atom stereocenters. The van der Waals surface area contributed by atoms with Crippen molar-refractivity contribution in [3.05, 3.63) is 0 Å². The predicted molar refractivity (Wildman–Crippen MR) is 72.4 cm³/mol. The van der Waals surface area contributed by atoms with Gasteiger partial charge in [-0.3, -0.25) is 0 Å². The smallest absolute Gasteiger partial charge is 0.329 e. The predicted octanol–water partition coefficient (Wildman–Crippen LogP) is 0.815. The van der Waals surface area contributed by atoms with E-state index in [0.717, 1.165) is 24.3 Å². The number of carboxylic acids is 1. The number of carbonyl (C=O) groups excluding carboxylic acids is 1. The summed E-state index contributed by atoms with van der Waals surface area (Å²) in [5, 5.41) is 14.9. The van der Waals surface area contributed by atoms with Crippen LogP contribution in [0.15, 0.2) is 0 Å². The number of ether oxygens (including phenoxy) is 1. The van der Waals surface area contributed by atoms with Crippen LogP contribution >= 0.6 is 11.8 Å². The Morgan fingerprint density at radius 2 is 1.84 bits per heavy atom. The van der Waals surface area contributed by atoms with Gasteiger partial charge in [0.15, 0.2) is 0 Å². The second-order valence-corrected chi connectivity index (χ2v) is 6.21. The van der Waals surface area contributed by atoms with Gasteiger partial charge in [0.2, 0.25) is 0 Å². The molecule has 2 aliphatic heterocycles. The van der Waals surface area contributed by atoms with E-state index in [4.69, 9.17) is 4.74 Å². The standard InChI is InChI=1S/C12H20N2O4S/c15-10(16)12(3-5-18-6-4-12)14-11(17)13-9-1-7-19-8-2-9/h9H,1-8H2,(H,15,16)(H2,13,14,17). The monoisotopic (exact) mass is 288 g/mol. The fourth-order valence-corrected chi connectivity index (χ4v) is 3.50. The number of carboxylic acid groups (broad SMARTS) is 1. The molecule has 0 saturated carbocycles. The van der Waals surface area contributed by atoms with Crippen molar-refractivity contribution in [3.63, 3.8) is 0 Å². The highest BCUT2D eigenvalue weighted by Crippen LogP contribution is 2.21. The third-order valence-electron chi connectivity index (χ3n) is 3.67. The van der Waals surface area contributed by atoms with Gasteiger partial charge in [-0.1, -0.05) is 0 Å². The maximum Gasteiger partial charge on any atom is 0.329 e. The summed E-state index contributed by atoms with van der Waals surface area (Å²) in [7, 11) is 0. The van der Waals surface area contributed by atoms with Crippen molar-refractivity contribution in [2.24, 2.45) is 0 Å². The van der Waals surface area contributed by atoms with Gasteiger partial charge in [-0.15, -0.1) is 0 Å². The van der Waals surface area contributed by atoms with Crippen LogP contribution in [-0.2, 0) is 9.53 Å². The number of amides is 2. The van der Waals surface area contributed by atoms with Crippen LogP contribution in [0.2, 0.25) is 0 Å². The van der Waals surface area contributed by atoms with Gasteiger partial charge in [0.05, 0.1) is 0 Å². The first-order chi connectivity index (χ1) is 9.12. The molecule has 2 saturated heterocycles. The van der Waals surface area contributed by atoms with Crippen LogP contribution in [-0.4, -0.2) is 53.4 Å². The van der Waals surface area contributed by atoms with Gasteiger partial charge in [-0.2, -0.15) is 11.8 Å². The van der Waals surface area contributed by atoms with Crippen LogP contribution in [0.4, 0.5) is 4.79 Å². The first-order valence-electron chi connectivity index (χ1n) is 6.60. The van der Waals surface area contributed by atoms with E-state index in [2.05, 4.69) is 10.6 Å². The lowest BCUT2D eigenvalue weighted by Crippen LogP contribution is -2.60. The highest BCUT2D eigenvalue weighted by Gasteiger charge is 2.41. The normalized spacial score (nSPS) is 23.6. The third-order valence-corrected chi connectivity index (χ3v) is 4.71. The SMILES string of the molecule is O=C(NC1CCSCC1)NC1(C(=O)O)CCOCC1. The van der Waals surface area contributed by atoms with E-state index >= 15 is 0 Å². The first kappa shape index (κ1) is 14.5. The van der Waals surface area contributed by atoms with Crippen molar-refractivity contribution < 1.29 is 19.4 Å². The van der Waals surface area contributed by atoms with Crippen LogP contribution in [0, 0.1) is 0 Å². The number of nitrogens with one attached hydrogen (secondary N) is 2. The summed E-state index contributed by atoms with van der Waals surface area (Å²) < 4.78 is 5.17. The highest BCUT2D eigenvalue weighted by atomic mass is 32.2. The van der Waals surface area contributed by atoms with E-state index in [1.54, 1.807) is 0 Å². The molecular formula is C12H20N2O4S. The number of urea groups is 1. The Labute approximate surface area is 116 Å². The molecule has 0 spiro atoms. The number of rotatable bonds is 3. The molecule has 0 aromatic rings. The molecule has 0 bridgehead atoms. The molecule has 2 heterocycles. The fourth-order valence-electron chi connectivity index (χ4n) is 2.39. The Bertz CT molecular complexity index is 339. The molecule has 3 N–H and O–H groups in total. The van der Waals surface area contributed by atoms with Gasteiger partial charge in [0, 0.05) is 32.1 Å². The molecule has 0 aliphatic carbocycles. The summed E-state index contributed by atoms with van der Waals surface area (Å²) in [6, 6.07) is -0.215.